The first-order valence-electron chi connectivity index (χ1n) is 8.50. The van der Waals surface area contributed by atoms with Gasteiger partial charge in [0.2, 0.25) is 0 Å². The molecule has 0 spiro atoms. The van der Waals surface area contributed by atoms with Gasteiger partial charge in [0.05, 0.1) is 5.56 Å². The maximum atomic E-state index is 14.0. The quantitative estimate of drug-likeness (QED) is 0.706. The molecule has 26 heavy (non-hydrogen) atoms. The van der Waals surface area contributed by atoms with E-state index in [1.54, 1.807) is 42.7 Å². The Balaban J connectivity index is 1.52. The van der Waals surface area contributed by atoms with E-state index in [-0.39, 0.29) is 17.6 Å². The summed E-state index contributed by atoms with van der Waals surface area (Å²) in [6.45, 7) is 1.32. The standard InChI is InChI=1S/C19H17FN4OS/c20-16-8-2-1-7-15(16)18-23-22-17(26-18)14-6-4-10-24(12-14)19(25)13-5-3-9-21-11-13/h1-3,5,7-9,11,14H,4,6,10,12H2. The number of nitrogens with zero attached hydrogens (tertiary/aromatic N) is 4. The summed E-state index contributed by atoms with van der Waals surface area (Å²) in [5.74, 6) is -0.184. The minimum Gasteiger partial charge on any atom is -0.338 e. The van der Waals surface area contributed by atoms with Gasteiger partial charge < -0.3 is 4.90 Å². The van der Waals surface area contributed by atoms with E-state index in [0.29, 0.717) is 22.7 Å². The van der Waals surface area contributed by atoms with Crippen molar-refractivity contribution in [2.45, 2.75) is 18.8 Å². The summed E-state index contributed by atoms with van der Waals surface area (Å²) in [6.07, 6.45) is 5.10. The third-order valence-electron chi connectivity index (χ3n) is 4.51. The van der Waals surface area contributed by atoms with Crippen LogP contribution in [0.5, 0.6) is 0 Å². The van der Waals surface area contributed by atoms with E-state index in [9.17, 15) is 9.18 Å². The van der Waals surface area contributed by atoms with Crippen LogP contribution in [0.25, 0.3) is 10.6 Å². The number of pyridine rings is 1. The molecule has 1 unspecified atom stereocenters. The van der Waals surface area contributed by atoms with Crippen molar-refractivity contribution >= 4 is 17.2 Å². The molecule has 3 aromatic rings. The first-order valence-corrected chi connectivity index (χ1v) is 9.31. The number of benzene rings is 1. The van der Waals surface area contributed by atoms with Crippen LogP contribution in [0.2, 0.25) is 0 Å². The number of likely N-dealkylation sites (tertiary alicyclic amines) is 1. The average Bonchev–Trinajstić information content (AvgIpc) is 3.18. The first-order chi connectivity index (χ1) is 12.7. The fourth-order valence-electron chi connectivity index (χ4n) is 3.18. The summed E-state index contributed by atoms with van der Waals surface area (Å²) < 4.78 is 14.0. The van der Waals surface area contributed by atoms with Gasteiger partial charge in [0.25, 0.3) is 5.91 Å². The lowest BCUT2D eigenvalue weighted by Gasteiger charge is -2.31. The molecule has 1 aromatic carbocycles. The molecule has 1 atom stereocenters. The second-order valence-corrected chi connectivity index (χ2v) is 7.27. The number of amides is 1. The number of carbonyl (C=O) groups excluding carboxylic acids is 1. The number of rotatable bonds is 3. The predicted molar refractivity (Wildman–Crippen MR) is 97.4 cm³/mol. The zero-order valence-corrected chi connectivity index (χ0v) is 14.8. The highest BCUT2D eigenvalue weighted by molar-refractivity contribution is 7.14. The van der Waals surface area contributed by atoms with Gasteiger partial charge in [-0.25, -0.2) is 4.39 Å². The van der Waals surface area contributed by atoms with Gasteiger partial charge >= 0.3 is 0 Å². The van der Waals surface area contributed by atoms with E-state index in [2.05, 4.69) is 15.2 Å². The minimum absolute atomic E-state index is 0.0124. The molecule has 7 heteroatoms. The van der Waals surface area contributed by atoms with E-state index in [4.69, 9.17) is 0 Å². The second-order valence-electron chi connectivity index (χ2n) is 6.26. The van der Waals surface area contributed by atoms with Crippen LogP contribution in [0.3, 0.4) is 0 Å². The Labute approximate surface area is 154 Å². The maximum absolute atomic E-state index is 14.0. The summed E-state index contributed by atoms with van der Waals surface area (Å²) in [4.78, 5) is 18.5. The van der Waals surface area contributed by atoms with Gasteiger partial charge in [0.15, 0.2) is 5.01 Å². The lowest BCUT2D eigenvalue weighted by atomic mass is 9.98. The normalized spacial score (nSPS) is 17.3. The molecule has 3 heterocycles. The Morgan fingerprint density at radius 2 is 2.08 bits per heavy atom. The highest BCUT2D eigenvalue weighted by Crippen LogP contribution is 2.33. The molecule has 1 fully saturated rings. The van der Waals surface area contributed by atoms with Crippen molar-refractivity contribution in [2.24, 2.45) is 0 Å². The molecule has 0 radical (unpaired) electrons. The summed E-state index contributed by atoms with van der Waals surface area (Å²) in [5.41, 5.74) is 1.06. The van der Waals surface area contributed by atoms with Crippen LogP contribution < -0.4 is 0 Å². The van der Waals surface area contributed by atoms with Crippen molar-refractivity contribution < 1.29 is 9.18 Å². The molecule has 5 nitrogen and oxygen atoms in total. The fraction of sp³-hybridized carbons (Fsp3) is 0.263. The fourth-order valence-corrected chi connectivity index (χ4v) is 4.17. The molecule has 4 rings (SSSR count). The van der Waals surface area contributed by atoms with Gasteiger partial charge in [-0.2, -0.15) is 0 Å². The molecule has 1 amide bonds. The minimum atomic E-state index is -0.299. The highest BCUT2D eigenvalue weighted by Gasteiger charge is 2.28. The average molecular weight is 368 g/mol. The van der Waals surface area contributed by atoms with Gasteiger partial charge in [-0.15, -0.1) is 10.2 Å². The molecular weight excluding hydrogens is 351 g/mol. The molecule has 0 bridgehead atoms. The molecule has 2 aromatic heterocycles. The number of hydrogen-bond acceptors (Lipinski definition) is 5. The van der Waals surface area contributed by atoms with Crippen LogP contribution in [-0.4, -0.2) is 39.1 Å². The van der Waals surface area contributed by atoms with Gasteiger partial charge in [-0.1, -0.05) is 23.5 Å². The van der Waals surface area contributed by atoms with Gasteiger partial charge in [0.1, 0.15) is 10.8 Å². The molecular formula is C19H17FN4OS. The summed E-state index contributed by atoms with van der Waals surface area (Å²) in [5, 5.41) is 9.87. The van der Waals surface area contributed by atoms with Gasteiger partial charge in [-0.05, 0) is 37.1 Å². The van der Waals surface area contributed by atoms with Crippen molar-refractivity contribution in [3.05, 3.63) is 65.2 Å². The van der Waals surface area contributed by atoms with Crippen molar-refractivity contribution in [3.63, 3.8) is 0 Å². The molecule has 1 aliphatic heterocycles. The van der Waals surface area contributed by atoms with E-state index in [1.807, 2.05) is 4.90 Å². The summed E-state index contributed by atoms with van der Waals surface area (Å²) in [6, 6.07) is 10.1. The molecule has 1 aliphatic rings. The van der Waals surface area contributed by atoms with Crippen LogP contribution in [0.15, 0.2) is 48.8 Å². The zero-order valence-electron chi connectivity index (χ0n) is 14.0. The lowest BCUT2D eigenvalue weighted by molar-refractivity contribution is 0.0706. The van der Waals surface area contributed by atoms with Crippen LogP contribution in [0, 0.1) is 5.82 Å². The largest absolute Gasteiger partial charge is 0.338 e. The van der Waals surface area contributed by atoms with Gasteiger partial charge in [0, 0.05) is 37.0 Å². The summed E-state index contributed by atoms with van der Waals surface area (Å²) >= 11 is 1.40. The highest BCUT2D eigenvalue weighted by atomic mass is 32.1. The maximum Gasteiger partial charge on any atom is 0.255 e. The first kappa shape index (κ1) is 16.8. The van der Waals surface area contributed by atoms with Crippen LogP contribution in [0.4, 0.5) is 4.39 Å². The molecule has 0 saturated carbocycles. The third kappa shape index (κ3) is 3.35. The number of carbonyl (C=O) groups is 1. The van der Waals surface area contributed by atoms with E-state index < -0.39 is 0 Å². The Morgan fingerprint density at radius 1 is 1.19 bits per heavy atom. The molecule has 0 N–H and O–H groups in total. The van der Waals surface area contributed by atoms with E-state index >= 15 is 0 Å². The number of piperidine rings is 1. The van der Waals surface area contributed by atoms with Gasteiger partial charge in [-0.3, -0.25) is 9.78 Å². The van der Waals surface area contributed by atoms with Crippen LogP contribution in [-0.2, 0) is 0 Å². The Morgan fingerprint density at radius 3 is 2.88 bits per heavy atom. The predicted octanol–water partition coefficient (Wildman–Crippen LogP) is 3.76. The number of hydrogen-bond donors (Lipinski definition) is 0. The number of aromatic nitrogens is 3. The molecule has 132 valence electrons. The monoisotopic (exact) mass is 368 g/mol. The smallest absolute Gasteiger partial charge is 0.255 e. The van der Waals surface area contributed by atoms with Crippen LogP contribution >= 0.6 is 11.3 Å². The lowest BCUT2D eigenvalue weighted by Crippen LogP contribution is -2.39. The molecule has 0 aliphatic carbocycles. The number of halogens is 1. The SMILES string of the molecule is O=C(c1cccnc1)N1CCCC(c2nnc(-c3ccccc3F)s2)C1. The third-order valence-corrected chi connectivity index (χ3v) is 5.63. The van der Waals surface area contributed by atoms with E-state index in [1.165, 1.54) is 17.4 Å². The van der Waals surface area contributed by atoms with Crippen molar-refractivity contribution in [2.75, 3.05) is 13.1 Å². The zero-order chi connectivity index (χ0) is 17.9. The Hall–Kier alpha value is -2.67. The van der Waals surface area contributed by atoms with Crippen molar-refractivity contribution in [3.8, 4) is 10.6 Å². The second kappa shape index (κ2) is 7.29. The topological polar surface area (TPSA) is 59.0 Å². The Bertz CT molecular complexity index is 915. The summed E-state index contributed by atoms with van der Waals surface area (Å²) in [7, 11) is 0. The van der Waals surface area contributed by atoms with Crippen molar-refractivity contribution in [1.82, 2.24) is 20.1 Å². The molecule has 1 saturated heterocycles. The van der Waals surface area contributed by atoms with E-state index in [0.717, 1.165) is 24.4 Å². The van der Waals surface area contributed by atoms with Crippen LogP contribution in [0.1, 0.15) is 34.1 Å². The van der Waals surface area contributed by atoms with Crippen molar-refractivity contribution in [1.29, 1.82) is 0 Å². The Kier molecular flexibility index (Phi) is 4.71.